The molecule has 0 bridgehead atoms. The minimum absolute atomic E-state index is 0.156. The van der Waals surface area contributed by atoms with Gasteiger partial charge in [0.05, 0.1) is 17.7 Å². The minimum Gasteiger partial charge on any atom is -0.383 e. The lowest BCUT2D eigenvalue weighted by Crippen LogP contribution is -2.30. The number of rotatable bonds is 3. The molecule has 0 aliphatic heterocycles. The standard InChI is InChI=1S/C15H15ClN6/c16-10-3-1-9(2-4-10)8-22(19)11-5-6-13-12(7-11)14(17)21-15(18)20-13/h1-7H,8,19H2,(H4,17,18,20,21). The monoisotopic (exact) mass is 314 g/mol. The van der Waals surface area contributed by atoms with E-state index < -0.39 is 0 Å². The van der Waals surface area contributed by atoms with E-state index in [9.17, 15) is 0 Å². The molecule has 0 radical (unpaired) electrons. The number of hydrazine groups is 1. The van der Waals surface area contributed by atoms with Crippen LogP contribution in [0, 0.1) is 0 Å². The maximum atomic E-state index is 6.13. The van der Waals surface area contributed by atoms with Gasteiger partial charge in [0.1, 0.15) is 5.82 Å². The lowest BCUT2D eigenvalue weighted by Gasteiger charge is -2.19. The van der Waals surface area contributed by atoms with Crippen molar-refractivity contribution < 1.29 is 0 Å². The Morgan fingerprint density at radius 1 is 1.00 bits per heavy atom. The Kier molecular flexibility index (Phi) is 3.70. The van der Waals surface area contributed by atoms with Crippen LogP contribution in [0.4, 0.5) is 17.5 Å². The van der Waals surface area contributed by atoms with Crippen molar-refractivity contribution >= 4 is 40.0 Å². The average molecular weight is 315 g/mol. The fourth-order valence-corrected chi connectivity index (χ4v) is 2.34. The second-order valence-corrected chi connectivity index (χ2v) is 5.36. The Morgan fingerprint density at radius 2 is 1.73 bits per heavy atom. The molecule has 0 aliphatic carbocycles. The van der Waals surface area contributed by atoms with Crippen LogP contribution < -0.4 is 22.3 Å². The SMILES string of the molecule is Nc1nc(N)c2cc(N(N)Cc3ccc(Cl)cc3)ccc2n1. The zero-order chi connectivity index (χ0) is 15.7. The molecule has 1 heterocycles. The van der Waals surface area contributed by atoms with Crippen molar-refractivity contribution in [2.24, 2.45) is 5.84 Å². The molecule has 0 aliphatic rings. The molecular weight excluding hydrogens is 300 g/mol. The number of hydrogen-bond acceptors (Lipinski definition) is 6. The van der Waals surface area contributed by atoms with Crippen LogP contribution in [0.15, 0.2) is 42.5 Å². The van der Waals surface area contributed by atoms with E-state index in [2.05, 4.69) is 9.97 Å². The molecule has 3 rings (SSSR count). The van der Waals surface area contributed by atoms with E-state index in [4.69, 9.17) is 28.9 Å². The molecule has 22 heavy (non-hydrogen) atoms. The zero-order valence-corrected chi connectivity index (χ0v) is 12.5. The van der Waals surface area contributed by atoms with Crippen LogP contribution in [0.1, 0.15) is 5.56 Å². The number of fused-ring (bicyclic) bond motifs is 1. The van der Waals surface area contributed by atoms with E-state index in [0.29, 0.717) is 22.9 Å². The minimum atomic E-state index is 0.156. The highest BCUT2D eigenvalue weighted by Crippen LogP contribution is 2.24. The third kappa shape index (κ3) is 2.88. The summed E-state index contributed by atoms with van der Waals surface area (Å²) in [6.45, 7) is 0.540. The second kappa shape index (κ2) is 5.67. The molecule has 0 saturated carbocycles. The van der Waals surface area contributed by atoms with Gasteiger partial charge in [0.25, 0.3) is 0 Å². The predicted molar refractivity (Wildman–Crippen MR) is 90.2 cm³/mol. The summed E-state index contributed by atoms with van der Waals surface area (Å²) in [7, 11) is 0. The van der Waals surface area contributed by atoms with Crippen LogP contribution >= 0.6 is 11.6 Å². The topological polar surface area (TPSA) is 107 Å². The summed E-state index contributed by atoms with van der Waals surface area (Å²) < 4.78 is 0. The summed E-state index contributed by atoms with van der Waals surface area (Å²) in [4.78, 5) is 8.11. The van der Waals surface area contributed by atoms with Crippen LogP contribution in [-0.2, 0) is 6.54 Å². The molecule has 0 amide bonds. The van der Waals surface area contributed by atoms with E-state index in [1.807, 2.05) is 42.5 Å². The molecule has 0 atom stereocenters. The highest BCUT2D eigenvalue weighted by molar-refractivity contribution is 6.30. The third-order valence-electron chi connectivity index (χ3n) is 3.32. The normalized spacial score (nSPS) is 10.8. The molecule has 0 saturated heterocycles. The largest absolute Gasteiger partial charge is 0.383 e. The van der Waals surface area contributed by atoms with Crippen molar-refractivity contribution in [1.82, 2.24) is 9.97 Å². The number of benzene rings is 2. The van der Waals surface area contributed by atoms with Crippen molar-refractivity contribution in [3.05, 3.63) is 53.1 Å². The second-order valence-electron chi connectivity index (χ2n) is 4.92. The average Bonchev–Trinajstić information content (AvgIpc) is 2.49. The summed E-state index contributed by atoms with van der Waals surface area (Å²) in [5.74, 6) is 6.62. The van der Waals surface area contributed by atoms with Crippen LogP contribution in [0.2, 0.25) is 5.02 Å². The van der Waals surface area contributed by atoms with Crippen LogP contribution in [0.25, 0.3) is 10.9 Å². The smallest absolute Gasteiger partial charge is 0.222 e. The number of nitrogen functional groups attached to an aromatic ring is 2. The Morgan fingerprint density at radius 3 is 2.45 bits per heavy atom. The maximum Gasteiger partial charge on any atom is 0.222 e. The van der Waals surface area contributed by atoms with Crippen molar-refractivity contribution in [1.29, 1.82) is 0 Å². The van der Waals surface area contributed by atoms with Gasteiger partial charge in [-0.05, 0) is 35.9 Å². The van der Waals surface area contributed by atoms with Crippen LogP contribution in [0.5, 0.6) is 0 Å². The van der Waals surface area contributed by atoms with Gasteiger partial charge in [-0.1, -0.05) is 23.7 Å². The van der Waals surface area contributed by atoms with E-state index in [1.165, 1.54) is 0 Å². The Hall–Kier alpha value is -2.57. The number of nitrogens with zero attached hydrogens (tertiary/aromatic N) is 3. The first-order valence-corrected chi connectivity index (χ1v) is 7.00. The van der Waals surface area contributed by atoms with Gasteiger partial charge in [-0.25, -0.2) is 10.8 Å². The van der Waals surface area contributed by atoms with Crippen LogP contribution in [0.3, 0.4) is 0 Å². The molecular formula is C15H15ClN6. The maximum absolute atomic E-state index is 6.13. The highest BCUT2D eigenvalue weighted by Gasteiger charge is 2.08. The summed E-state index contributed by atoms with van der Waals surface area (Å²) in [6, 6.07) is 13.1. The van der Waals surface area contributed by atoms with E-state index in [0.717, 1.165) is 16.6 Å². The number of hydrogen-bond donors (Lipinski definition) is 3. The fraction of sp³-hybridized carbons (Fsp3) is 0.0667. The quantitative estimate of drug-likeness (QED) is 0.506. The Balaban J connectivity index is 1.90. The Labute approximate surface area is 132 Å². The Bertz CT molecular complexity index is 818. The first kappa shape index (κ1) is 14.4. The number of anilines is 3. The lowest BCUT2D eigenvalue weighted by molar-refractivity contribution is 0.854. The van der Waals surface area contributed by atoms with Crippen molar-refractivity contribution in [3.8, 4) is 0 Å². The van der Waals surface area contributed by atoms with Crippen molar-refractivity contribution in [2.45, 2.75) is 6.54 Å². The van der Waals surface area contributed by atoms with Crippen molar-refractivity contribution in [2.75, 3.05) is 16.5 Å². The van der Waals surface area contributed by atoms with Gasteiger partial charge in [0.15, 0.2) is 0 Å². The molecule has 0 fully saturated rings. The summed E-state index contributed by atoms with van der Waals surface area (Å²) in [6.07, 6.45) is 0. The summed E-state index contributed by atoms with van der Waals surface area (Å²) in [5.41, 5.74) is 14.0. The van der Waals surface area contributed by atoms with Gasteiger partial charge in [0.2, 0.25) is 5.95 Å². The summed E-state index contributed by atoms with van der Waals surface area (Å²) >= 11 is 5.88. The number of halogens is 1. The molecule has 0 unspecified atom stereocenters. The van der Waals surface area contributed by atoms with Gasteiger partial charge in [-0.2, -0.15) is 4.98 Å². The van der Waals surface area contributed by atoms with Gasteiger partial charge < -0.3 is 16.5 Å². The molecule has 2 aromatic carbocycles. The van der Waals surface area contributed by atoms with E-state index >= 15 is 0 Å². The lowest BCUT2D eigenvalue weighted by atomic mass is 10.2. The molecule has 3 aromatic rings. The van der Waals surface area contributed by atoms with Gasteiger partial charge in [0, 0.05) is 10.4 Å². The zero-order valence-electron chi connectivity index (χ0n) is 11.7. The third-order valence-corrected chi connectivity index (χ3v) is 3.58. The first-order chi connectivity index (χ1) is 10.5. The first-order valence-electron chi connectivity index (χ1n) is 6.62. The molecule has 112 valence electrons. The highest BCUT2D eigenvalue weighted by atomic mass is 35.5. The number of aromatic nitrogens is 2. The van der Waals surface area contributed by atoms with E-state index in [1.54, 1.807) is 5.01 Å². The van der Waals surface area contributed by atoms with Crippen LogP contribution in [-0.4, -0.2) is 9.97 Å². The number of nitrogens with two attached hydrogens (primary N) is 3. The van der Waals surface area contributed by atoms with E-state index in [-0.39, 0.29) is 5.95 Å². The molecule has 6 nitrogen and oxygen atoms in total. The summed E-state index contributed by atoms with van der Waals surface area (Å²) in [5, 5.41) is 3.04. The molecule has 0 spiro atoms. The van der Waals surface area contributed by atoms with Gasteiger partial charge >= 0.3 is 0 Å². The predicted octanol–water partition coefficient (Wildman–Crippen LogP) is 2.33. The molecule has 1 aromatic heterocycles. The van der Waals surface area contributed by atoms with Gasteiger partial charge in [-0.15, -0.1) is 0 Å². The van der Waals surface area contributed by atoms with Gasteiger partial charge in [-0.3, -0.25) is 0 Å². The van der Waals surface area contributed by atoms with Crippen molar-refractivity contribution in [3.63, 3.8) is 0 Å². The molecule has 6 N–H and O–H groups in total. The fourth-order valence-electron chi connectivity index (χ4n) is 2.22. The molecule has 7 heteroatoms.